The molecule has 2 atom stereocenters. The second kappa shape index (κ2) is 11.8. The van der Waals surface area contributed by atoms with Gasteiger partial charge < -0.3 is 23.7 Å². The van der Waals surface area contributed by atoms with Gasteiger partial charge in [-0.05, 0) is 57.2 Å². The molecule has 1 aromatic carbocycles. The Kier molecular flexibility index (Phi) is 8.94. The van der Waals surface area contributed by atoms with Crippen molar-refractivity contribution < 1.29 is 37.0 Å². The lowest BCUT2D eigenvalue weighted by atomic mass is 9.95. The average molecular weight is 598 g/mol. The molecule has 2 aliphatic rings. The number of hydrogen-bond acceptors (Lipinski definition) is 6. The van der Waals surface area contributed by atoms with E-state index in [2.05, 4.69) is 4.99 Å². The normalized spacial score (nSPS) is 20.5. The van der Waals surface area contributed by atoms with Gasteiger partial charge in [0.15, 0.2) is 4.80 Å². The van der Waals surface area contributed by atoms with Crippen LogP contribution in [-0.4, -0.2) is 59.0 Å². The van der Waals surface area contributed by atoms with Crippen molar-refractivity contribution in [3.05, 3.63) is 45.2 Å². The van der Waals surface area contributed by atoms with E-state index in [1.807, 2.05) is 31.5 Å². The average Bonchev–Trinajstić information content (AvgIpc) is 3.60. The highest BCUT2D eigenvalue weighted by Crippen LogP contribution is 2.34. The van der Waals surface area contributed by atoms with Gasteiger partial charge in [0.05, 0.1) is 30.3 Å². The van der Waals surface area contributed by atoms with Crippen LogP contribution in [0.25, 0.3) is 0 Å². The Balaban J connectivity index is 1.65. The van der Waals surface area contributed by atoms with E-state index in [0.29, 0.717) is 30.9 Å². The van der Waals surface area contributed by atoms with Gasteiger partial charge in [-0.15, -0.1) is 11.3 Å². The smallest absolute Gasteiger partial charge is 0.416 e. The van der Waals surface area contributed by atoms with Crippen molar-refractivity contribution in [1.82, 2.24) is 9.47 Å². The van der Waals surface area contributed by atoms with Gasteiger partial charge in [-0.2, -0.15) is 18.2 Å². The quantitative estimate of drug-likeness (QED) is 0.412. The fourth-order valence-corrected chi connectivity index (χ4v) is 5.63. The minimum Gasteiger partial charge on any atom is -0.488 e. The summed E-state index contributed by atoms with van der Waals surface area (Å²) in [6, 6.07) is 2.81. The molecule has 2 fully saturated rings. The summed E-state index contributed by atoms with van der Waals surface area (Å²) in [5.41, 5.74) is -2.14. The number of ether oxygens (including phenoxy) is 3. The lowest BCUT2D eigenvalue weighted by molar-refractivity contribution is -0.137. The monoisotopic (exact) mass is 597 g/mol. The van der Waals surface area contributed by atoms with Crippen molar-refractivity contribution in [1.29, 1.82) is 0 Å². The number of amides is 2. The zero-order chi connectivity index (χ0) is 30.2. The Morgan fingerprint density at radius 2 is 1.85 bits per heavy atom. The Morgan fingerprint density at radius 3 is 2.46 bits per heavy atom. The molecule has 0 unspecified atom stereocenters. The summed E-state index contributed by atoms with van der Waals surface area (Å²) in [5, 5.41) is 0. The molecular formula is C29H38F3N3O5S. The van der Waals surface area contributed by atoms with E-state index < -0.39 is 35.4 Å². The zero-order valence-corrected chi connectivity index (χ0v) is 25.2. The highest BCUT2D eigenvalue weighted by Gasteiger charge is 2.34. The van der Waals surface area contributed by atoms with Crippen LogP contribution in [0.1, 0.15) is 81.6 Å². The lowest BCUT2D eigenvalue weighted by Gasteiger charge is -2.24. The maximum Gasteiger partial charge on any atom is 0.416 e. The summed E-state index contributed by atoms with van der Waals surface area (Å²) in [4.78, 5) is 33.1. The van der Waals surface area contributed by atoms with Gasteiger partial charge in [-0.1, -0.05) is 20.8 Å². The molecule has 0 N–H and O–H groups in total. The van der Waals surface area contributed by atoms with Gasteiger partial charge in [0.2, 0.25) is 0 Å². The first-order valence-electron chi connectivity index (χ1n) is 13.8. The Labute approximate surface area is 242 Å². The summed E-state index contributed by atoms with van der Waals surface area (Å²) in [6.45, 7) is 13.1. The molecule has 226 valence electrons. The third-order valence-corrected chi connectivity index (χ3v) is 8.15. The van der Waals surface area contributed by atoms with Crippen LogP contribution >= 0.6 is 11.3 Å². The Morgan fingerprint density at radius 1 is 1.12 bits per heavy atom. The van der Waals surface area contributed by atoms with Crippen molar-refractivity contribution in [2.45, 2.75) is 96.7 Å². The predicted molar refractivity (Wildman–Crippen MR) is 148 cm³/mol. The van der Waals surface area contributed by atoms with Crippen LogP contribution in [0.3, 0.4) is 0 Å². The number of nitrogens with zero attached hydrogens (tertiary/aromatic N) is 3. The molecule has 3 heterocycles. The van der Waals surface area contributed by atoms with Crippen molar-refractivity contribution in [2.24, 2.45) is 4.99 Å². The fraction of sp³-hybridized carbons (Fsp3) is 0.621. The third kappa shape index (κ3) is 8.12. The van der Waals surface area contributed by atoms with Crippen molar-refractivity contribution in [3.8, 4) is 5.75 Å². The zero-order valence-electron chi connectivity index (χ0n) is 24.3. The minimum atomic E-state index is -4.66. The molecule has 1 aromatic heterocycles. The van der Waals surface area contributed by atoms with E-state index in [4.69, 9.17) is 14.2 Å². The van der Waals surface area contributed by atoms with Gasteiger partial charge >= 0.3 is 12.3 Å². The summed E-state index contributed by atoms with van der Waals surface area (Å²) < 4.78 is 60.0. The van der Waals surface area contributed by atoms with Crippen LogP contribution in [-0.2, 0) is 27.6 Å². The number of rotatable bonds is 5. The number of likely N-dealkylation sites (tertiary alicyclic amines) is 1. The van der Waals surface area contributed by atoms with Crippen LogP contribution in [0.4, 0.5) is 18.0 Å². The fourth-order valence-electron chi connectivity index (χ4n) is 4.57. The van der Waals surface area contributed by atoms with Gasteiger partial charge in [0.25, 0.3) is 5.91 Å². The lowest BCUT2D eigenvalue weighted by Crippen LogP contribution is -2.36. The minimum absolute atomic E-state index is 0.0129. The van der Waals surface area contributed by atoms with Crippen LogP contribution < -0.4 is 9.54 Å². The number of carbonyl (C=O) groups is 2. The maximum atomic E-state index is 13.6. The predicted octanol–water partition coefficient (Wildman–Crippen LogP) is 6.17. The molecule has 0 saturated carbocycles. The molecule has 0 radical (unpaired) electrons. The molecule has 2 saturated heterocycles. The third-order valence-electron chi connectivity index (χ3n) is 6.71. The van der Waals surface area contributed by atoms with Gasteiger partial charge in [0, 0.05) is 30.6 Å². The van der Waals surface area contributed by atoms with Gasteiger partial charge in [0.1, 0.15) is 17.5 Å². The van der Waals surface area contributed by atoms with Crippen LogP contribution in [0.2, 0.25) is 0 Å². The van der Waals surface area contributed by atoms with E-state index in [0.717, 1.165) is 35.9 Å². The second-order valence-electron chi connectivity index (χ2n) is 12.5. The second-order valence-corrected chi connectivity index (χ2v) is 13.5. The number of hydrogen-bond donors (Lipinski definition) is 0. The number of alkyl halides is 3. The van der Waals surface area contributed by atoms with Gasteiger partial charge in [-0.3, -0.25) is 4.79 Å². The van der Waals surface area contributed by atoms with E-state index in [1.165, 1.54) is 16.2 Å². The van der Waals surface area contributed by atoms with Gasteiger partial charge in [-0.25, -0.2) is 4.79 Å². The summed E-state index contributed by atoms with van der Waals surface area (Å²) in [7, 11) is 0. The molecule has 0 spiro atoms. The number of benzene rings is 1. The van der Waals surface area contributed by atoms with Crippen molar-refractivity contribution in [3.63, 3.8) is 0 Å². The van der Waals surface area contributed by atoms with Crippen LogP contribution in [0.15, 0.2) is 29.4 Å². The topological polar surface area (TPSA) is 82.4 Å². The van der Waals surface area contributed by atoms with Crippen molar-refractivity contribution in [2.75, 3.05) is 19.7 Å². The van der Waals surface area contributed by atoms with Crippen LogP contribution in [0, 0.1) is 0 Å². The maximum absolute atomic E-state index is 13.6. The number of thiazole rings is 1. The largest absolute Gasteiger partial charge is 0.488 e. The molecule has 2 aromatic rings. The first-order valence-corrected chi connectivity index (χ1v) is 14.6. The first-order chi connectivity index (χ1) is 19.0. The van der Waals surface area contributed by atoms with Crippen LogP contribution in [0.5, 0.6) is 5.75 Å². The molecular weight excluding hydrogens is 559 g/mol. The highest BCUT2D eigenvalue weighted by molar-refractivity contribution is 7.09. The molecule has 0 aliphatic carbocycles. The Hall–Kier alpha value is -2.86. The number of aromatic nitrogens is 1. The summed E-state index contributed by atoms with van der Waals surface area (Å²) in [5.74, 6) is -0.849. The SMILES string of the molecule is CC(C)(C)OC(=O)N1CC[C@@H](Oc2ccc(C(F)(F)F)cc2C(=O)/N=c2\sc(C(C)(C)C)cn2C[C@H]2CCCO2)C1. The first kappa shape index (κ1) is 31.1. The van der Waals surface area contributed by atoms with E-state index in [-0.39, 0.29) is 29.4 Å². The summed E-state index contributed by atoms with van der Waals surface area (Å²) in [6.07, 6.45) is -1.49. The number of carbonyl (C=O) groups excluding carboxylic acids is 2. The molecule has 0 bridgehead atoms. The van der Waals surface area contributed by atoms with E-state index in [1.54, 1.807) is 20.8 Å². The molecule has 2 amide bonds. The standard InChI is InChI=1S/C29H38F3N3O5S/c1-27(2,3)23-17-35(15-19-8-7-13-38-19)25(41-23)33-24(36)21-14-18(29(30,31)32)9-10-22(21)39-20-11-12-34(16-20)26(37)40-28(4,5)6/h9-10,14,17,19-20H,7-8,11-13,15-16H2,1-6H3/b33-25-/t19-,20-/m1/s1. The highest BCUT2D eigenvalue weighted by atomic mass is 32.1. The van der Waals surface area contributed by atoms with E-state index in [9.17, 15) is 22.8 Å². The molecule has 2 aliphatic heterocycles. The van der Waals surface area contributed by atoms with Crippen molar-refractivity contribution >= 4 is 23.3 Å². The Bertz CT molecular complexity index is 1330. The molecule has 4 rings (SSSR count). The molecule has 12 heteroatoms. The number of halogens is 3. The molecule has 41 heavy (non-hydrogen) atoms. The summed E-state index contributed by atoms with van der Waals surface area (Å²) >= 11 is 1.33. The van der Waals surface area contributed by atoms with E-state index >= 15 is 0 Å². The molecule has 8 nitrogen and oxygen atoms in total.